The fourth-order valence-electron chi connectivity index (χ4n) is 2.92. The monoisotopic (exact) mass is 512 g/mol. The summed E-state index contributed by atoms with van der Waals surface area (Å²) in [6.45, 7) is 4.64. The van der Waals surface area contributed by atoms with Gasteiger partial charge in [0.15, 0.2) is 5.96 Å². The fraction of sp³-hybridized carbons (Fsp3) is 0.476. The molecule has 2 rings (SSSR count). The van der Waals surface area contributed by atoms with Gasteiger partial charge in [-0.1, -0.05) is 12.1 Å². The Balaban J connectivity index is 0.00000420. The zero-order valence-electron chi connectivity index (χ0n) is 17.8. The summed E-state index contributed by atoms with van der Waals surface area (Å²) in [7, 11) is 5.31. The van der Waals surface area contributed by atoms with E-state index in [4.69, 9.17) is 0 Å². The number of unbranched alkanes of at least 4 members (excludes halogenated alkanes) is 1. The van der Waals surface area contributed by atoms with E-state index >= 15 is 0 Å². The molecule has 0 unspecified atom stereocenters. The number of rotatable bonds is 9. The maximum absolute atomic E-state index is 12.1. The fourth-order valence-corrected chi connectivity index (χ4v) is 2.92. The quantitative estimate of drug-likeness (QED) is 0.235. The molecule has 1 aromatic carbocycles. The van der Waals surface area contributed by atoms with Crippen molar-refractivity contribution in [1.29, 1.82) is 0 Å². The normalized spacial score (nSPS) is 11.0. The number of aryl methyl sites for hydroxylation is 2. The first-order valence-corrected chi connectivity index (χ1v) is 9.74. The van der Waals surface area contributed by atoms with Crippen LogP contribution in [0.4, 0.5) is 0 Å². The Hall–Kier alpha value is -2.10. The summed E-state index contributed by atoms with van der Waals surface area (Å²) < 4.78 is 2.17. The van der Waals surface area contributed by atoms with E-state index < -0.39 is 0 Å². The molecule has 0 fully saturated rings. The van der Waals surface area contributed by atoms with Gasteiger partial charge in [-0.3, -0.25) is 9.79 Å². The first-order chi connectivity index (χ1) is 13.5. The van der Waals surface area contributed by atoms with Crippen LogP contribution < -0.4 is 10.6 Å². The van der Waals surface area contributed by atoms with E-state index in [0.717, 1.165) is 61.8 Å². The Kier molecular flexibility index (Phi) is 11.3. The number of aliphatic imine (C=N–C) groups is 1. The van der Waals surface area contributed by atoms with Crippen LogP contribution in [-0.4, -0.2) is 60.6 Å². The van der Waals surface area contributed by atoms with Gasteiger partial charge in [-0.15, -0.1) is 24.0 Å². The molecule has 0 aliphatic rings. The van der Waals surface area contributed by atoms with E-state index in [1.54, 1.807) is 26.0 Å². The Morgan fingerprint density at radius 1 is 1.21 bits per heavy atom. The molecule has 0 aliphatic heterocycles. The lowest BCUT2D eigenvalue weighted by Crippen LogP contribution is -2.38. The summed E-state index contributed by atoms with van der Waals surface area (Å²) in [4.78, 5) is 22.2. The Morgan fingerprint density at radius 2 is 1.97 bits per heavy atom. The van der Waals surface area contributed by atoms with Crippen molar-refractivity contribution in [3.8, 4) is 0 Å². The van der Waals surface area contributed by atoms with Crippen molar-refractivity contribution >= 4 is 35.8 Å². The summed E-state index contributed by atoms with van der Waals surface area (Å²) in [6.07, 6.45) is 6.84. The largest absolute Gasteiger partial charge is 0.356 e. The van der Waals surface area contributed by atoms with Crippen LogP contribution in [0.2, 0.25) is 0 Å². The van der Waals surface area contributed by atoms with Crippen LogP contribution in [0.5, 0.6) is 0 Å². The van der Waals surface area contributed by atoms with Crippen molar-refractivity contribution in [2.45, 2.75) is 32.7 Å². The number of carbonyl (C=O) groups is 1. The Morgan fingerprint density at radius 3 is 2.62 bits per heavy atom. The van der Waals surface area contributed by atoms with Crippen molar-refractivity contribution in [2.24, 2.45) is 4.99 Å². The molecule has 7 nitrogen and oxygen atoms in total. The van der Waals surface area contributed by atoms with Crippen LogP contribution in [0.25, 0.3) is 0 Å². The van der Waals surface area contributed by atoms with Gasteiger partial charge in [0.05, 0.1) is 0 Å². The number of nitrogens with one attached hydrogen (secondary N) is 2. The molecular formula is C21H33IN6O. The zero-order chi connectivity index (χ0) is 20.4. The molecule has 1 heterocycles. The molecule has 29 heavy (non-hydrogen) atoms. The van der Waals surface area contributed by atoms with Gasteiger partial charge in [-0.2, -0.15) is 0 Å². The number of aromatic nitrogens is 2. The van der Waals surface area contributed by atoms with E-state index in [9.17, 15) is 4.79 Å². The number of carbonyl (C=O) groups excluding carboxylic acids is 1. The average Bonchev–Trinajstić information content (AvgIpc) is 3.10. The van der Waals surface area contributed by atoms with Crippen LogP contribution in [0.3, 0.4) is 0 Å². The average molecular weight is 512 g/mol. The second-order valence-corrected chi connectivity index (χ2v) is 6.95. The highest BCUT2D eigenvalue weighted by Crippen LogP contribution is 2.07. The van der Waals surface area contributed by atoms with Crippen LogP contribution in [0, 0.1) is 6.92 Å². The molecule has 0 radical (unpaired) electrons. The summed E-state index contributed by atoms with van der Waals surface area (Å²) in [5, 5.41) is 6.68. The molecule has 8 heteroatoms. The molecule has 1 aromatic heterocycles. The molecule has 0 atom stereocenters. The number of guanidine groups is 1. The van der Waals surface area contributed by atoms with Crippen LogP contribution in [0.15, 0.2) is 41.7 Å². The highest BCUT2D eigenvalue weighted by molar-refractivity contribution is 14.0. The second-order valence-electron chi connectivity index (χ2n) is 6.95. The molecule has 1 amide bonds. The minimum atomic E-state index is 0. The maximum atomic E-state index is 12.1. The van der Waals surface area contributed by atoms with Gasteiger partial charge in [0.1, 0.15) is 5.82 Å². The third-order valence-corrected chi connectivity index (χ3v) is 4.55. The number of imidazole rings is 1. The number of hydrogen-bond acceptors (Lipinski definition) is 3. The summed E-state index contributed by atoms with van der Waals surface area (Å²) >= 11 is 0. The third kappa shape index (κ3) is 8.43. The second kappa shape index (κ2) is 13.2. The topological polar surface area (TPSA) is 74.5 Å². The smallest absolute Gasteiger partial charge is 0.253 e. The summed E-state index contributed by atoms with van der Waals surface area (Å²) in [5.41, 5.74) is 1.85. The van der Waals surface area contributed by atoms with E-state index in [1.807, 2.05) is 43.6 Å². The van der Waals surface area contributed by atoms with Crippen molar-refractivity contribution < 1.29 is 4.79 Å². The molecule has 0 saturated carbocycles. The Labute approximate surface area is 191 Å². The highest BCUT2D eigenvalue weighted by atomic mass is 127. The lowest BCUT2D eigenvalue weighted by atomic mass is 10.1. The van der Waals surface area contributed by atoms with E-state index in [2.05, 4.69) is 25.2 Å². The summed E-state index contributed by atoms with van der Waals surface area (Å²) in [6, 6.07) is 7.78. The minimum absolute atomic E-state index is 0. The van der Waals surface area contributed by atoms with E-state index in [-0.39, 0.29) is 29.9 Å². The van der Waals surface area contributed by atoms with Crippen molar-refractivity contribution in [3.63, 3.8) is 0 Å². The van der Waals surface area contributed by atoms with Gasteiger partial charge in [0.2, 0.25) is 0 Å². The predicted octanol–water partition coefficient (Wildman–Crippen LogP) is 2.70. The predicted molar refractivity (Wildman–Crippen MR) is 129 cm³/mol. The first kappa shape index (κ1) is 24.9. The number of amides is 1. The molecular weight excluding hydrogens is 479 g/mol. The molecule has 2 N–H and O–H groups in total. The summed E-state index contributed by atoms with van der Waals surface area (Å²) in [5.74, 6) is 1.89. The highest BCUT2D eigenvalue weighted by Gasteiger charge is 2.08. The Bertz CT molecular complexity index is 787. The van der Waals surface area contributed by atoms with Crippen LogP contribution >= 0.6 is 24.0 Å². The molecule has 0 saturated heterocycles. The molecule has 0 aliphatic carbocycles. The molecule has 0 spiro atoms. The zero-order valence-corrected chi connectivity index (χ0v) is 20.1. The van der Waals surface area contributed by atoms with Gasteiger partial charge in [0.25, 0.3) is 5.91 Å². The van der Waals surface area contributed by atoms with Gasteiger partial charge < -0.3 is 20.1 Å². The van der Waals surface area contributed by atoms with Crippen LogP contribution in [-0.2, 0) is 13.0 Å². The van der Waals surface area contributed by atoms with E-state index in [1.165, 1.54) is 0 Å². The van der Waals surface area contributed by atoms with Gasteiger partial charge in [-0.05, 0) is 43.9 Å². The lowest BCUT2D eigenvalue weighted by molar-refractivity contribution is 0.0827. The van der Waals surface area contributed by atoms with Crippen molar-refractivity contribution in [2.75, 3.05) is 34.2 Å². The van der Waals surface area contributed by atoms with Crippen molar-refractivity contribution in [3.05, 3.63) is 53.6 Å². The number of hydrogen-bond donors (Lipinski definition) is 2. The maximum Gasteiger partial charge on any atom is 0.253 e. The molecule has 2 aromatic rings. The number of halogens is 1. The molecule has 160 valence electrons. The van der Waals surface area contributed by atoms with Gasteiger partial charge >= 0.3 is 0 Å². The number of nitrogens with zero attached hydrogens (tertiary/aromatic N) is 4. The van der Waals surface area contributed by atoms with Crippen LogP contribution in [0.1, 0.15) is 34.6 Å². The van der Waals surface area contributed by atoms with Gasteiger partial charge in [0, 0.05) is 58.7 Å². The van der Waals surface area contributed by atoms with Gasteiger partial charge in [-0.25, -0.2) is 4.98 Å². The molecule has 0 bridgehead atoms. The van der Waals surface area contributed by atoms with Crippen molar-refractivity contribution in [1.82, 2.24) is 25.1 Å². The third-order valence-electron chi connectivity index (χ3n) is 4.55. The lowest BCUT2D eigenvalue weighted by Gasteiger charge is -2.13. The number of benzene rings is 1. The SMILES string of the molecule is CN=C(NCCCCn1ccnc1C)NCCc1cccc(C(=O)N(C)C)c1.I. The standard InChI is InChI=1S/C21H32N6O.HI/c1-17-23-13-15-27(17)14-6-5-11-24-21(22-2)25-12-10-18-8-7-9-19(16-18)20(28)26(3)4;/h7-9,13,15-16H,5-6,10-12,14H2,1-4H3,(H2,22,24,25);1H. The van der Waals surface area contributed by atoms with E-state index in [0.29, 0.717) is 0 Å². The first-order valence-electron chi connectivity index (χ1n) is 9.74. The minimum Gasteiger partial charge on any atom is -0.356 e.